The number of unbranched alkanes of at least 4 members (excludes halogenated alkanes) is 20. The summed E-state index contributed by atoms with van der Waals surface area (Å²) in [5.41, 5.74) is 0. The zero-order valence-corrected chi connectivity index (χ0v) is 28.3. The number of aliphatic hydroxyl groups excluding tert-OH is 2. The van der Waals surface area contributed by atoms with Gasteiger partial charge in [-0.2, -0.15) is 0 Å². The van der Waals surface area contributed by atoms with E-state index < -0.39 is 24.4 Å². The molecule has 0 saturated carbocycles. The summed E-state index contributed by atoms with van der Waals surface area (Å²) >= 11 is 10.8. The summed E-state index contributed by atoms with van der Waals surface area (Å²) in [6, 6.07) is 0. The van der Waals surface area contributed by atoms with E-state index in [2.05, 4.69) is 13.8 Å². The van der Waals surface area contributed by atoms with Gasteiger partial charge in [-0.1, -0.05) is 142 Å². The molecule has 1 fully saturated rings. The third-order valence-electron chi connectivity index (χ3n) is 8.22. The van der Waals surface area contributed by atoms with Gasteiger partial charge in [-0.25, -0.2) is 0 Å². The second kappa shape index (κ2) is 27.2. The average Bonchev–Trinajstić information content (AvgIpc) is 2.96. The summed E-state index contributed by atoms with van der Waals surface area (Å²) in [6.07, 6.45) is 26.4. The zero-order valence-electron chi connectivity index (χ0n) is 26.6. The first-order chi connectivity index (χ1) is 20.0. The topological polar surface area (TPSA) is 68.2 Å². The minimum absolute atomic E-state index is 0.0855. The van der Waals surface area contributed by atoms with Crippen LogP contribution in [-0.2, 0) is 14.2 Å². The molecule has 0 radical (unpaired) electrons. The van der Waals surface area contributed by atoms with Gasteiger partial charge in [0.25, 0.3) is 0 Å². The summed E-state index contributed by atoms with van der Waals surface area (Å²) in [7, 11) is 0. The SMILES string of the molecule is CCCCCCCCCCCCCC(=S)OC[C@H]1OC[C@H](O)[C@@H](OC(=S)CCCCCCCCCCCCC)[C@@H]1O. The first kappa shape index (κ1) is 38.7. The van der Waals surface area contributed by atoms with Crippen LogP contribution in [0.25, 0.3) is 0 Å². The zero-order chi connectivity index (χ0) is 30.0. The van der Waals surface area contributed by atoms with Crippen molar-refractivity contribution in [3.63, 3.8) is 0 Å². The van der Waals surface area contributed by atoms with Crippen molar-refractivity contribution in [2.45, 2.75) is 192 Å². The van der Waals surface area contributed by atoms with Crippen molar-refractivity contribution in [1.82, 2.24) is 0 Å². The van der Waals surface area contributed by atoms with Crippen LogP contribution in [-0.4, -0.2) is 57.9 Å². The molecule has 0 aromatic carbocycles. The van der Waals surface area contributed by atoms with Crippen LogP contribution in [0.1, 0.15) is 168 Å². The molecule has 1 rings (SSSR count). The fraction of sp³-hybridized carbons (Fsp3) is 0.941. The summed E-state index contributed by atoms with van der Waals surface area (Å²) < 4.78 is 17.2. The van der Waals surface area contributed by atoms with E-state index in [1.165, 1.54) is 122 Å². The molecule has 2 N–H and O–H groups in total. The first-order valence-corrected chi connectivity index (χ1v) is 18.1. The molecule has 1 aliphatic rings. The fourth-order valence-electron chi connectivity index (χ4n) is 5.47. The Hall–Kier alpha value is -0.340. The molecule has 0 aromatic rings. The first-order valence-electron chi connectivity index (χ1n) is 17.3. The number of thiocarbonyl (C=S) groups is 2. The lowest BCUT2D eigenvalue weighted by atomic mass is 10.00. The molecule has 242 valence electrons. The fourth-order valence-corrected chi connectivity index (χ4v) is 5.94. The molecular weight excluding hydrogens is 553 g/mol. The van der Waals surface area contributed by atoms with Gasteiger partial charge in [0.1, 0.15) is 24.9 Å². The number of aliphatic hydroxyl groups is 2. The lowest BCUT2D eigenvalue weighted by molar-refractivity contribution is -0.189. The molecular formula is C34H64O5S2. The van der Waals surface area contributed by atoms with Crippen molar-refractivity contribution in [1.29, 1.82) is 0 Å². The maximum absolute atomic E-state index is 10.8. The molecule has 0 spiro atoms. The van der Waals surface area contributed by atoms with Crippen LogP contribution < -0.4 is 0 Å². The van der Waals surface area contributed by atoms with Gasteiger partial charge in [-0.15, -0.1) is 0 Å². The highest BCUT2D eigenvalue weighted by Gasteiger charge is 2.41. The van der Waals surface area contributed by atoms with E-state index in [1.54, 1.807) is 0 Å². The molecule has 1 aliphatic heterocycles. The highest BCUT2D eigenvalue weighted by atomic mass is 32.1. The molecule has 5 nitrogen and oxygen atoms in total. The number of hydrogen-bond acceptors (Lipinski definition) is 7. The molecule has 7 heteroatoms. The van der Waals surface area contributed by atoms with Crippen LogP contribution in [0.2, 0.25) is 0 Å². The van der Waals surface area contributed by atoms with E-state index in [4.69, 9.17) is 38.6 Å². The highest BCUT2D eigenvalue weighted by molar-refractivity contribution is 7.80. The maximum Gasteiger partial charge on any atom is 0.160 e. The Morgan fingerprint density at radius 2 is 1.00 bits per heavy atom. The second-order valence-electron chi connectivity index (χ2n) is 12.1. The van der Waals surface area contributed by atoms with Crippen molar-refractivity contribution in [2.24, 2.45) is 0 Å². The standard InChI is InChI=1S/C34H64O5S2/c1-3-5-7-9-11-13-15-17-19-21-23-25-31(40)38-28-30-33(36)34(29(35)27-37-30)39-32(41)26-24-22-20-18-16-14-12-10-8-6-4-2/h29-30,33-36H,3-28H2,1-2H3/t29-,30+,33+,34+/m0/s1. The Kier molecular flexibility index (Phi) is 25.7. The van der Waals surface area contributed by atoms with E-state index in [1.807, 2.05) is 0 Å². The Morgan fingerprint density at radius 1 is 0.610 bits per heavy atom. The van der Waals surface area contributed by atoms with Gasteiger partial charge in [0, 0.05) is 12.8 Å². The van der Waals surface area contributed by atoms with Crippen molar-refractivity contribution in [3.05, 3.63) is 0 Å². The normalized spacial score (nSPS) is 20.7. The number of hydrogen-bond donors (Lipinski definition) is 2. The molecule has 1 heterocycles. The molecule has 0 aliphatic carbocycles. The van der Waals surface area contributed by atoms with E-state index in [-0.39, 0.29) is 13.2 Å². The Labute approximate surface area is 263 Å². The summed E-state index contributed by atoms with van der Waals surface area (Å²) in [5, 5.41) is 22.2. The van der Waals surface area contributed by atoms with Crippen molar-refractivity contribution >= 4 is 34.5 Å². The predicted octanol–water partition coefficient (Wildman–Crippen LogP) is 9.57. The minimum Gasteiger partial charge on any atom is -0.484 e. The van der Waals surface area contributed by atoms with Gasteiger partial charge in [-0.3, -0.25) is 0 Å². The highest BCUT2D eigenvalue weighted by Crippen LogP contribution is 2.21. The van der Waals surface area contributed by atoms with Gasteiger partial charge in [0.05, 0.1) is 6.61 Å². The van der Waals surface area contributed by atoms with Crippen LogP contribution >= 0.6 is 24.4 Å². The average molecular weight is 617 g/mol. The minimum atomic E-state index is -1.02. The molecule has 41 heavy (non-hydrogen) atoms. The Bertz CT molecular complexity index is 632. The largest absolute Gasteiger partial charge is 0.484 e. The van der Waals surface area contributed by atoms with E-state index >= 15 is 0 Å². The quantitative estimate of drug-likeness (QED) is 0.0703. The van der Waals surface area contributed by atoms with Gasteiger partial charge in [0.15, 0.2) is 16.2 Å². The van der Waals surface area contributed by atoms with Gasteiger partial charge in [0.2, 0.25) is 0 Å². The van der Waals surface area contributed by atoms with Gasteiger partial charge in [-0.05, 0) is 37.3 Å². The molecule has 0 bridgehead atoms. The molecule has 0 aromatic heterocycles. The summed E-state index contributed by atoms with van der Waals surface area (Å²) in [5.74, 6) is 0. The lowest BCUT2D eigenvalue weighted by Crippen LogP contribution is -2.56. The van der Waals surface area contributed by atoms with Crippen molar-refractivity contribution < 1.29 is 24.4 Å². The van der Waals surface area contributed by atoms with Gasteiger partial charge >= 0.3 is 0 Å². The van der Waals surface area contributed by atoms with Crippen LogP contribution in [0, 0.1) is 0 Å². The van der Waals surface area contributed by atoms with E-state index in [0.29, 0.717) is 16.5 Å². The van der Waals surface area contributed by atoms with Crippen LogP contribution in [0.5, 0.6) is 0 Å². The van der Waals surface area contributed by atoms with Crippen molar-refractivity contribution in [3.8, 4) is 0 Å². The Morgan fingerprint density at radius 3 is 1.44 bits per heavy atom. The van der Waals surface area contributed by atoms with Crippen LogP contribution in [0.3, 0.4) is 0 Å². The molecule has 0 unspecified atom stereocenters. The molecule has 4 atom stereocenters. The van der Waals surface area contributed by atoms with Crippen molar-refractivity contribution in [2.75, 3.05) is 13.2 Å². The second-order valence-corrected chi connectivity index (χ2v) is 13.0. The number of rotatable bonds is 27. The molecule has 1 saturated heterocycles. The van der Waals surface area contributed by atoms with E-state index in [0.717, 1.165) is 25.7 Å². The Balaban J connectivity index is 2.10. The smallest absolute Gasteiger partial charge is 0.160 e. The predicted molar refractivity (Wildman–Crippen MR) is 180 cm³/mol. The summed E-state index contributed by atoms with van der Waals surface area (Å²) in [4.78, 5) is 0. The van der Waals surface area contributed by atoms with E-state index in [9.17, 15) is 10.2 Å². The number of ether oxygens (including phenoxy) is 3. The monoisotopic (exact) mass is 616 g/mol. The van der Waals surface area contributed by atoms with Gasteiger partial charge < -0.3 is 24.4 Å². The van der Waals surface area contributed by atoms with Crippen LogP contribution in [0.4, 0.5) is 0 Å². The van der Waals surface area contributed by atoms with Crippen LogP contribution in [0.15, 0.2) is 0 Å². The molecule has 0 amide bonds. The third kappa shape index (κ3) is 21.1. The third-order valence-corrected chi connectivity index (χ3v) is 8.85. The summed E-state index contributed by atoms with van der Waals surface area (Å²) in [6.45, 7) is 4.77. The lowest BCUT2D eigenvalue weighted by Gasteiger charge is -2.37. The maximum atomic E-state index is 10.8.